The molecule has 0 aromatic heterocycles. The minimum atomic E-state index is -1.02. The number of aromatic carboxylic acids is 1. The lowest BCUT2D eigenvalue weighted by atomic mass is 10.2. The monoisotopic (exact) mass is 324 g/mol. The Morgan fingerprint density at radius 1 is 1.42 bits per heavy atom. The molecule has 0 atom stereocenters. The van der Waals surface area contributed by atoms with Gasteiger partial charge in [0.15, 0.2) is 0 Å². The predicted octanol–water partition coefficient (Wildman–Crippen LogP) is 2.68. The number of anilines is 1. The molecule has 0 aliphatic carbocycles. The Balaban J connectivity index is 2.58. The maximum Gasteiger partial charge on any atom is 0.335 e. The quantitative estimate of drug-likeness (QED) is 0.588. The van der Waals surface area contributed by atoms with Crippen molar-refractivity contribution in [2.45, 2.75) is 13.3 Å². The molecular formula is C13H13BrN2O3. The van der Waals surface area contributed by atoms with Gasteiger partial charge in [0.05, 0.1) is 11.3 Å². The number of rotatable bonds is 4. The third kappa shape index (κ3) is 5.02. The first-order chi connectivity index (χ1) is 9.04. The summed E-state index contributed by atoms with van der Waals surface area (Å²) in [6.07, 6.45) is 0.586. The molecular weight excluding hydrogens is 312 g/mol. The van der Waals surface area contributed by atoms with E-state index in [1.807, 2.05) is 0 Å². The second kappa shape index (κ2) is 7.44. The van der Waals surface area contributed by atoms with Gasteiger partial charge < -0.3 is 15.7 Å². The number of hydrogen-bond acceptors (Lipinski definition) is 2. The number of halogens is 1. The number of carboxylic acids is 1. The first-order valence-corrected chi connectivity index (χ1v) is 6.31. The summed E-state index contributed by atoms with van der Waals surface area (Å²) in [7, 11) is 0. The minimum Gasteiger partial charge on any atom is -0.478 e. The molecule has 1 aromatic carbocycles. The number of carbonyl (C=O) groups is 2. The van der Waals surface area contributed by atoms with Gasteiger partial charge in [0.1, 0.15) is 0 Å². The fourth-order valence-electron chi connectivity index (χ4n) is 1.28. The minimum absolute atomic E-state index is 0.149. The van der Waals surface area contributed by atoms with Crippen LogP contribution in [0.1, 0.15) is 23.7 Å². The summed E-state index contributed by atoms with van der Waals surface area (Å²) < 4.78 is 0.510. The molecule has 0 spiro atoms. The summed E-state index contributed by atoms with van der Waals surface area (Å²) >= 11 is 3.21. The topological polar surface area (TPSA) is 78.4 Å². The molecule has 19 heavy (non-hydrogen) atoms. The molecule has 0 fully saturated rings. The second-order valence-corrected chi connectivity index (χ2v) is 4.41. The molecule has 1 aromatic rings. The molecule has 0 saturated heterocycles. The third-order valence-electron chi connectivity index (χ3n) is 2.18. The van der Waals surface area contributed by atoms with Gasteiger partial charge in [-0.2, -0.15) is 0 Å². The highest BCUT2D eigenvalue weighted by atomic mass is 79.9. The first kappa shape index (κ1) is 15.1. The SMILES string of the molecule is CC#CCCNC(=O)Nc1ccc(C(=O)O)cc1Br. The molecule has 0 bridgehead atoms. The van der Waals surface area contributed by atoms with Crippen LogP contribution in [0.3, 0.4) is 0 Å². The Kier molecular flexibility index (Phi) is 5.90. The number of benzene rings is 1. The standard InChI is InChI=1S/C13H13BrN2O3/c1-2-3-4-7-15-13(19)16-11-6-5-9(12(17)18)8-10(11)14/h5-6,8H,4,7H2,1H3,(H,17,18)(H2,15,16,19). The van der Waals surface area contributed by atoms with Crippen LogP contribution in [0, 0.1) is 11.8 Å². The third-order valence-corrected chi connectivity index (χ3v) is 2.83. The number of amides is 2. The van der Waals surface area contributed by atoms with E-state index in [2.05, 4.69) is 38.4 Å². The summed E-state index contributed by atoms with van der Waals surface area (Å²) in [6.45, 7) is 2.19. The molecule has 100 valence electrons. The zero-order valence-electron chi connectivity index (χ0n) is 10.3. The molecule has 0 saturated carbocycles. The van der Waals surface area contributed by atoms with E-state index in [0.717, 1.165) is 0 Å². The van der Waals surface area contributed by atoms with Crippen LogP contribution in [-0.4, -0.2) is 23.7 Å². The van der Waals surface area contributed by atoms with Crippen molar-refractivity contribution in [1.82, 2.24) is 5.32 Å². The summed E-state index contributed by atoms with van der Waals surface area (Å²) in [5, 5.41) is 14.1. The number of carbonyl (C=O) groups excluding carboxylic acids is 1. The van der Waals surface area contributed by atoms with Crippen molar-refractivity contribution >= 4 is 33.6 Å². The fraction of sp³-hybridized carbons (Fsp3) is 0.231. The van der Waals surface area contributed by atoms with Crippen molar-refractivity contribution in [3.8, 4) is 11.8 Å². The Labute approximate surface area is 119 Å². The second-order valence-electron chi connectivity index (χ2n) is 3.56. The zero-order chi connectivity index (χ0) is 14.3. The maximum absolute atomic E-state index is 11.5. The molecule has 0 unspecified atom stereocenters. The van der Waals surface area contributed by atoms with E-state index in [4.69, 9.17) is 5.11 Å². The summed E-state index contributed by atoms with van der Waals surface area (Å²) in [5.74, 6) is 4.55. The van der Waals surface area contributed by atoms with Crippen molar-refractivity contribution in [2.75, 3.05) is 11.9 Å². The number of hydrogen-bond donors (Lipinski definition) is 3. The van der Waals surface area contributed by atoms with E-state index in [1.54, 1.807) is 6.92 Å². The van der Waals surface area contributed by atoms with Gasteiger partial charge >= 0.3 is 12.0 Å². The van der Waals surface area contributed by atoms with Crippen LogP contribution in [-0.2, 0) is 0 Å². The Morgan fingerprint density at radius 3 is 2.74 bits per heavy atom. The number of carboxylic acid groups (broad SMARTS) is 1. The lowest BCUT2D eigenvalue weighted by Crippen LogP contribution is -2.29. The predicted molar refractivity (Wildman–Crippen MR) is 76.2 cm³/mol. The maximum atomic E-state index is 11.5. The molecule has 6 heteroatoms. The Hall–Kier alpha value is -2.00. The number of nitrogens with one attached hydrogen (secondary N) is 2. The zero-order valence-corrected chi connectivity index (χ0v) is 11.9. The average molecular weight is 325 g/mol. The van der Waals surface area contributed by atoms with Crippen LogP contribution < -0.4 is 10.6 Å². The molecule has 0 radical (unpaired) electrons. The highest BCUT2D eigenvalue weighted by Crippen LogP contribution is 2.23. The van der Waals surface area contributed by atoms with Crippen molar-refractivity contribution in [2.24, 2.45) is 0 Å². The summed E-state index contributed by atoms with van der Waals surface area (Å²) in [5.41, 5.74) is 0.653. The van der Waals surface area contributed by atoms with E-state index in [9.17, 15) is 9.59 Å². The van der Waals surface area contributed by atoms with Gasteiger partial charge in [0, 0.05) is 17.4 Å². The Bertz CT molecular complexity index is 547. The van der Waals surface area contributed by atoms with Crippen molar-refractivity contribution < 1.29 is 14.7 Å². The van der Waals surface area contributed by atoms with Crippen LogP contribution >= 0.6 is 15.9 Å². The van der Waals surface area contributed by atoms with Crippen LogP contribution in [0.5, 0.6) is 0 Å². The largest absolute Gasteiger partial charge is 0.478 e. The highest BCUT2D eigenvalue weighted by molar-refractivity contribution is 9.10. The van der Waals surface area contributed by atoms with Crippen LogP contribution in [0.25, 0.3) is 0 Å². The summed E-state index contributed by atoms with van der Waals surface area (Å²) in [4.78, 5) is 22.3. The van der Waals surface area contributed by atoms with Crippen LogP contribution in [0.15, 0.2) is 22.7 Å². The van der Waals surface area contributed by atoms with Gasteiger partial charge in [-0.25, -0.2) is 9.59 Å². The summed E-state index contributed by atoms with van der Waals surface area (Å²) in [6, 6.07) is 4.02. The normalized spacial score (nSPS) is 9.16. The molecule has 0 aliphatic heterocycles. The van der Waals surface area contributed by atoms with Gasteiger partial charge in [-0.1, -0.05) is 0 Å². The Morgan fingerprint density at radius 2 is 2.16 bits per heavy atom. The van der Waals surface area contributed by atoms with E-state index >= 15 is 0 Å². The molecule has 5 nitrogen and oxygen atoms in total. The highest BCUT2D eigenvalue weighted by Gasteiger charge is 2.08. The molecule has 1 rings (SSSR count). The lowest BCUT2D eigenvalue weighted by molar-refractivity contribution is 0.0697. The van der Waals surface area contributed by atoms with Gasteiger partial charge in [-0.05, 0) is 41.1 Å². The molecule has 3 N–H and O–H groups in total. The van der Waals surface area contributed by atoms with E-state index in [-0.39, 0.29) is 11.6 Å². The number of urea groups is 1. The van der Waals surface area contributed by atoms with Gasteiger partial charge in [0.2, 0.25) is 0 Å². The van der Waals surface area contributed by atoms with Gasteiger partial charge in [-0.3, -0.25) is 0 Å². The fourth-order valence-corrected chi connectivity index (χ4v) is 1.76. The molecule has 2 amide bonds. The van der Waals surface area contributed by atoms with Crippen LogP contribution in [0.4, 0.5) is 10.5 Å². The van der Waals surface area contributed by atoms with Crippen molar-refractivity contribution in [1.29, 1.82) is 0 Å². The van der Waals surface area contributed by atoms with E-state index in [0.29, 0.717) is 23.1 Å². The first-order valence-electron chi connectivity index (χ1n) is 5.52. The van der Waals surface area contributed by atoms with Crippen molar-refractivity contribution in [3.63, 3.8) is 0 Å². The lowest BCUT2D eigenvalue weighted by Gasteiger charge is -2.08. The van der Waals surface area contributed by atoms with E-state index < -0.39 is 5.97 Å². The van der Waals surface area contributed by atoms with Gasteiger partial charge in [-0.15, -0.1) is 11.8 Å². The van der Waals surface area contributed by atoms with Gasteiger partial charge in [0.25, 0.3) is 0 Å². The molecule has 0 heterocycles. The van der Waals surface area contributed by atoms with Crippen LogP contribution in [0.2, 0.25) is 0 Å². The smallest absolute Gasteiger partial charge is 0.335 e. The average Bonchev–Trinajstić information content (AvgIpc) is 2.37. The molecule has 0 aliphatic rings. The van der Waals surface area contributed by atoms with Crippen molar-refractivity contribution in [3.05, 3.63) is 28.2 Å². The van der Waals surface area contributed by atoms with E-state index in [1.165, 1.54) is 18.2 Å².